The fourth-order valence-electron chi connectivity index (χ4n) is 9.54. The van der Waals surface area contributed by atoms with Gasteiger partial charge in [-0.1, -0.05) is 194 Å². The molecule has 0 spiro atoms. The fraction of sp³-hybridized carbons (Fsp3) is 0. The summed E-state index contributed by atoms with van der Waals surface area (Å²) in [5.41, 5.74) is 11.7. The predicted octanol–water partition coefficient (Wildman–Crippen LogP) is 14.3. The highest BCUT2D eigenvalue weighted by Gasteiger charge is 2.25. The normalized spacial score (nSPS) is 11.5. The van der Waals surface area contributed by atoms with Crippen molar-refractivity contribution < 1.29 is 0 Å². The van der Waals surface area contributed by atoms with Gasteiger partial charge < -0.3 is 4.57 Å². The minimum absolute atomic E-state index is 0.527. The van der Waals surface area contributed by atoms with E-state index in [0.29, 0.717) is 35.1 Å². The van der Waals surface area contributed by atoms with Crippen LogP contribution in [0, 0.1) is 0 Å². The lowest BCUT2D eigenvalue weighted by atomic mass is 10.0. The quantitative estimate of drug-likeness (QED) is 0.151. The summed E-state index contributed by atoms with van der Waals surface area (Å²) in [6, 6.07) is 79.2. The van der Waals surface area contributed by atoms with Gasteiger partial charge in [0.15, 0.2) is 29.1 Å². The number of nitrogens with zero attached hydrogens (tertiary/aromatic N) is 8. The molecule has 0 aliphatic heterocycles. The van der Waals surface area contributed by atoms with E-state index >= 15 is 0 Å². The summed E-state index contributed by atoms with van der Waals surface area (Å²) in [6.45, 7) is 0. The number of fused-ring (bicyclic) bond motifs is 7. The molecular formula is C60H38N8. The standard InChI is InChI=1S/C60H38N8/c1-5-20-39(21-6-1)43-28-19-29-44(38-43)58-62-57(42-26-11-4-12-27-42)65-60(66-58)68-50-34-17-14-31-47(50)53-52(68)37-36-46-45-30-13-16-33-49(45)67(54(46)53)51-35-18-15-32-48(51)59-63-55(40-22-7-2-8-23-40)61-56(64-59)41-24-9-3-10-25-41/h1-38H. The third kappa shape index (κ3) is 6.62. The van der Waals surface area contributed by atoms with Gasteiger partial charge in [-0.2, -0.15) is 9.97 Å². The lowest BCUT2D eigenvalue weighted by Gasteiger charge is -2.15. The molecule has 0 unspecified atom stereocenters. The minimum atomic E-state index is 0.527. The van der Waals surface area contributed by atoms with Crippen molar-refractivity contribution >= 4 is 43.6 Å². The molecule has 0 aliphatic carbocycles. The third-order valence-electron chi connectivity index (χ3n) is 12.6. The van der Waals surface area contributed by atoms with Gasteiger partial charge in [0.05, 0.1) is 27.8 Å². The van der Waals surface area contributed by atoms with E-state index < -0.39 is 0 Å². The highest BCUT2D eigenvalue weighted by atomic mass is 15.2. The van der Waals surface area contributed by atoms with Crippen LogP contribution < -0.4 is 0 Å². The van der Waals surface area contributed by atoms with Crippen LogP contribution in [-0.4, -0.2) is 39.0 Å². The Balaban J connectivity index is 1.08. The summed E-state index contributed by atoms with van der Waals surface area (Å²) < 4.78 is 4.58. The van der Waals surface area contributed by atoms with Gasteiger partial charge in [0.1, 0.15) is 0 Å². The molecule has 0 aliphatic rings. The Hall–Kier alpha value is -9.40. The molecule has 68 heavy (non-hydrogen) atoms. The summed E-state index contributed by atoms with van der Waals surface area (Å²) in [5.74, 6) is 3.50. The van der Waals surface area contributed by atoms with Gasteiger partial charge in [-0.05, 0) is 47.5 Å². The van der Waals surface area contributed by atoms with Crippen molar-refractivity contribution in [2.24, 2.45) is 0 Å². The zero-order valence-electron chi connectivity index (χ0n) is 36.5. The maximum atomic E-state index is 5.34. The average Bonchev–Trinajstić information content (AvgIpc) is 3.95. The van der Waals surface area contributed by atoms with Gasteiger partial charge in [-0.3, -0.25) is 4.57 Å². The van der Waals surface area contributed by atoms with Crippen LogP contribution >= 0.6 is 0 Å². The summed E-state index contributed by atoms with van der Waals surface area (Å²) >= 11 is 0. The zero-order chi connectivity index (χ0) is 45.0. The molecule has 0 radical (unpaired) electrons. The van der Waals surface area contributed by atoms with Gasteiger partial charge in [-0.15, -0.1) is 0 Å². The lowest BCUT2D eigenvalue weighted by Crippen LogP contribution is -2.06. The molecule has 13 rings (SSSR count). The summed E-state index contributed by atoms with van der Waals surface area (Å²) in [4.78, 5) is 31.2. The van der Waals surface area contributed by atoms with E-state index in [0.717, 1.165) is 88.2 Å². The van der Waals surface area contributed by atoms with Crippen molar-refractivity contribution in [2.45, 2.75) is 0 Å². The van der Waals surface area contributed by atoms with Gasteiger partial charge in [-0.25, -0.2) is 19.9 Å². The number of hydrogen-bond acceptors (Lipinski definition) is 6. The molecule has 0 saturated carbocycles. The van der Waals surface area contributed by atoms with E-state index in [-0.39, 0.29) is 0 Å². The Morgan fingerprint density at radius 3 is 1.35 bits per heavy atom. The lowest BCUT2D eigenvalue weighted by molar-refractivity contribution is 0.953. The molecule has 4 aromatic heterocycles. The van der Waals surface area contributed by atoms with E-state index in [9.17, 15) is 0 Å². The summed E-state index contributed by atoms with van der Waals surface area (Å²) in [6.07, 6.45) is 0. The van der Waals surface area contributed by atoms with Gasteiger partial charge in [0, 0.05) is 49.4 Å². The highest BCUT2D eigenvalue weighted by molar-refractivity contribution is 6.26. The second-order valence-electron chi connectivity index (χ2n) is 16.7. The Labute approximate surface area is 391 Å². The van der Waals surface area contributed by atoms with Gasteiger partial charge in [0.25, 0.3) is 0 Å². The van der Waals surface area contributed by atoms with Crippen LogP contribution in [0.4, 0.5) is 0 Å². The van der Waals surface area contributed by atoms with Gasteiger partial charge in [0.2, 0.25) is 5.95 Å². The molecular weight excluding hydrogens is 833 g/mol. The van der Waals surface area contributed by atoms with Crippen LogP contribution in [-0.2, 0) is 0 Å². The van der Waals surface area contributed by atoms with Crippen molar-refractivity contribution in [3.8, 4) is 79.7 Å². The predicted molar refractivity (Wildman–Crippen MR) is 275 cm³/mol. The summed E-state index contributed by atoms with van der Waals surface area (Å²) in [5, 5.41) is 4.40. The third-order valence-corrected chi connectivity index (χ3v) is 12.6. The van der Waals surface area contributed by atoms with E-state index in [2.05, 4.69) is 143 Å². The molecule has 318 valence electrons. The van der Waals surface area contributed by atoms with Crippen LogP contribution in [0.25, 0.3) is 123 Å². The molecule has 0 bridgehead atoms. The minimum Gasteiger partial charge on any atom is -0.308 e. The molecule has 0 N–H and O–H groups in total. The second-order valence-corrected chi connectivity index (χ2v) is 16.7. The van der Waals surface area contributed by atoms with Crippen LogP contribution in [0.15, 0.2) is 231 Å². The molecule has 4 heterocycles. The van der Waals surface area contributed by atoms with E-state index in [4.69, 9.17) is 29.9 Å². The van der Waals surface area contributed by atoms with E-state index in [1.165, 1.54) is 0 Å². The molecule has 8 heteroatoms. The molecule has 0 amide bonds. The molecule has 13 aromatic rings. The van der Waals surface area contributed by atoms with Crippen molar-refractivity contribution in [1.29, 1.82) is 0 Å². The first-order valence-corrected chi connectivity index (χ1v) is 22.6. The Morgan fingerprint density at radius 2 is 0.721 bits per heavy atom. The second kappa shape index (κ2) is 16.2. The maximum absolute atomic E-state index is 5.34. The zero-order valence-corrected chi connectivity index (χ0v) is 36.5. The molecule has 9 aromatic carbocycles. The van der Waals surface area contributed by atoms with Crippen molar-refractivity contribution in [2.75, 3.05) is 0 Å². The number of aromatic nitrogens is 8. The average molecular weight is 871 g/mol. The highest BCUT2D eigenvalue weighted by Crippen LogP contribution is 2.43. The smallest absolute Gasteiger partial charge is 0.238 e. The van der Waals surface area contributed by atoms with Crippen LogP contribution in [0.1, 0.15) is 0 Å². The van der Waals surface area contributed by atoms with E-state index in [1.54, 1.807) is 0 Å². The fourth-order valence-corrected chi connectivity index (χ4v) is 9.54. The van der Waals surface area contributed by atoms with Crippen molar-refractivity contribution in [3.05, 3.63) is 231 Å². The van der Waals surface area contributed by atoms with Crippen LogP contribution in [0.3, 0.4) is 0 Å². The summed E-state index contributed by atoms with van der Waals surface area (Å²) in [7, 11) is 0. The number of benzene rings is 9. The van der Waals surface area contributed by atoms with Crippen molar-refractivity contribution in [3.63, 3.8) is 0 Å². The maximum Gasteiger partial charge on any atom is 0.238 e. The molecule has 0 atom stereocenters. The SMILES string of the molecule is c1ccc(-c2cccc(-c3nc(-c4ccccc4)nc(-n4c5ccccc5c5c4ccc4c6ccccc6n(-c6ccccc6-c6nc(-c7ccccc7)nc(-c7ccccc7)n6)c45)n3)c2)cc1. The first kappa shape index (κ1) is 39.0. The topological polar surface area (TPSA) is 87.2 Å². The van der Waals surface area contributed by atoms with Crippen LogP contribution in [0.5, 0.6) is 0 Å². The first-order valence-electron chi connectivity index (χ1n) is 22.6. The first-order chi connectivity index (χ1) is 33.7. The largest absolute Gasteiger partial charge is 0.308 e. The Morgan fingerprint density at radius 1 is 0.265 bits per heavy atom. The molecule has 0 fully saturated rings. The Bertz CT molecular complexity index is 3960. The number of hydrogen-bond donors (Lipinski definition) is 0. The number of rotatable bonds is 8. The Kier molecular flexibility index (Phi) is 9.31. The number of para-hydroxylation sites is 3. The van der Waals surface area contributed by atoms with Gasteiger partial charge >= 0.3 is 0 Å². The monoisotopic (exact) mass is 870 g/mol. The molecule has 0 saturated heterocycles. The van der Waals surface area contributed by atoms with Crippen molar-refractivity contribution in [1.82, 2.24) is 39.0 Å². The molecule has 8 nitrogen and oxygen atoms in total. The van der Waals surface area contributed by atoms with Crippen LogP contribution in [0.2, 0.25) is 0 Å². The van der Waals surface area contributed by atoms with E-state index in [1.807, 2.05) is 97.1 Å².